The molecule has 0 radical (unpaired) electrons. The Morgan fingerprint density at radius 2 is 1.88 bits per heavy atom. The molecule has 0 aliphatic heterocycles. The molecule has 0 atom stereocenters. The normalized spacial score (nSPS) is 10.1. The van der Waals surface area contributed by atoms with E-state index in [1.54, 1.807) is 24.3 Å². The zero-order valence-corrected chi connectivity index (χ0v) is 15.0. The Kier molecular flexibility index (Phi) is 6.45. The summed E-state index contributed by atoms with van der Waals surface area (Å²) in [5.41, 5.74) is 6.34. The van der Waals surface area contributed by atoms with Gasteiger partial charge in [0.1, 0.15) is 5.75 Å². The maximum atomic E-state index is 12.2. The van der Waals surface area contributed by atoms with Gasteiger partial charge in [-0.15, -0.1) is 0 Å². The molecule has 0 spiro atoms. The summed E-state index contributed by atoms with van der Waals surface area (Å²) >= 11 is 5.05. The molecule has 2 aromatic carbocycles. The predicted octanol–water partition coefficient (Wildman–Crippen LogP) is 3.01. The number of non-ortho nitro benzene ring substituents is 1. The molecule has 0 saturated heterocycles. The second-order valence-corrected chi connectivity index (χ2v) is 5.94. The molecular weight excluding hydrogens is 356 g/mol. The van der Waals surface area contributed by atoms with Gasteiger partial charge in [0.05, 0.1) is 16.7 Å². The SMILES string of the molecule is CC(C)Oc1cccc(C(=O)NC(=S)NNc2ccc([N+](=O)[O-])cc2)c1. The fourth-order valence-corrected chi connectivity index (χ4v) is 2.13. The van der Waals surface area contributed by atoms with E-state index >= 15 is 0 Å². The number of benzene rings is 2. The lowest BCUT2D eigenvalue weighted by molar-refractivity contribution is -0.384. The largest absolute Gasteiger partial charge is 0.491 e. The minimum Gasteiger partial charge on any atom is -0.491 e. The van der Waals surface area contributed by atoms with Crippen LogP contribution >= 0.6 is 12.2 Å². The molecule has 1 amide bonds. The molecule has 26 heavy (non-hydrogen) atoms. The number of thiocarbonyl (C=S) groups is 1. The number of rotatable bonds is 6. The van der Waals surface area contributed by atoms with Gasteiger partial charge in [-0.05, 0) is 56.4 Å². The number of carbonyl (C=O) groups excluding carboxylic acids is 1. The first-order valence-electron chi connectivity index (χ1n) is 7.73. The van der Waals surface area contributed by atoms with Crippen molar-refractivity contribution in [1.29, 1.82) is 0 Å². The van der Waals surface area contributed by atoms with Crippen LogP contribution in [0.5, 0.6) is 5.75 Å². The summed E-state index contributed by atoms with van der Waals surface area (Å²) < 4.78 is 5.55. The first-order valence-corrected chi connectivity index (χ1v) is 8.14. The minimum absolute atomic E-state index is 0.00181. The lowest BCUT2D eigenvalue weighted by Crippen LogP contribution is -2.41. The Morgan fingerprint density at radius 3 is 2.50 bits per heavy atom. The standard InChI is InChI=1S/C17H18N4O4S/c1-11(2)25-15-5-3-4-12(10-15)16(22)18-17(26)20-19-13-6-8-14(9-7-13)21(23)24/h3-11,19H,1-2H3,(H2,18,20,22,26). The molecule has 0 bridgehead atoms. The van der Waals surface area contributed by atoms with Crippen LogP contribution in [0.4, 0.5) is 11.4 Å². The highest BCUT2D eigenvalue weighted by Gasteiger charge is 2.10. The zero-order valence-electron chi connectivity index (χ0n) is 14.2. The van der Waals surface area contributed by atoms with Crippen LogP contribution in [-0.2, 0) is 0 Å². The first kappa shape index (κ1) is 19.1. The van der Waals surface area contributed by atoms with Gasteiger partial charge < -0.3 is 4.74 Å². The predicted molar refractivity (Wildman–Crippen MR) is 102 cm³/mol. The molecule has 2 rings (SSSR count). The second-order valence-electron chi connectivity index (χ2n) is 5.53. The van der Waals surface area contributed by atoms with E-state index in [0.29, 0.717) is 17.0 Å². The van der Waals surface area contributed by atoms with Crippen LogP contribution in [0.3, 0.4) is 0 Å². The molecule has 0 unspecified atom stereocenters. The van der Waals surface area contributed by atoms with Crippen molar-refractivity contribution in [3.63, 3.8) is 0 Å². The van der Waals surface area contributed by atoms with Crippen molar-refractivity contribution in [3.8, 4) is 5.75 Å². The summed E-state index contributed by atoms with van der Waals surface area (Å²) in [6.45, 7) is 3.80. The highest BCUT2D eigenvalue weighted by Crippen LogP contribution is 2.15. The van der Waals surface area contributed by atoms with Crippen molar-refractivity contribution in [2.75, 3.05) is 5.43 Å². The quantitative estimate of drug-likeness (QED) is 0.405. The summed E-state index contributed by atoms with van der Waals surface area (Å²) in [5.74, 6) is 0.206. The van der Waals surface area contributed by atoms with Gasteiger partial charge in [0.2, 0.25) is 0 Å². The van der Waals surface area contributed by atoms with Gasteiger partial charge in [-0.1, -0.05) is 6.07 Å². The van der Waals surface area contributed by atoms with E-state index in [9.17, 15) is 14.9 Å². The Morgan fingerprint density at radius 1 is 1.19 bits per heavy atom. The molecule has 0 aliphatic carbocycles. The molecule has 0 fully saturated rings. The van der Waals surface area contributed by atoms with Crippen molar-refractivity contribution in [2.45, 2.75) is 20.0 Å². The van der Waals surface area contributed by atoms with Crippen LogP contribution in [0.1, 0.15) is 24.2 Å². The Hall–Kier alpha value is -3.20. The van der Waals surface area contributed by atoms with Crippen LogP contribution in [0, 0.1) is 10.1 Å². The van der Waals surface area contributed by atoms with Crippen molar-refractivity contribution < 1.29 is 14.5 Å². The molecule has 0 saturated carbocycles. The molecule has 3 N–H and O–H groups in total. The lowest BCUT2D eigenvalue weighted by Gasteiger charge is -2.13. The number of ether oxygens (including phenoxy) is 1. The number of nitro groups is 1. The van der Waals surface area contributed by atoms with Crippen LogP contribution in [0.2, 0.25) is 0 Å². The maximum Gasteiger partial charge on any atom is 0.269 e. The number of amides is 1. The third kappa shape index (κ3) is 5.71. The van der Waals surface area contributed by atoms with E-state index < -0.39 is 4.92 Å². The molecular formula is C17H18N4O4S. The van der Waals surface area contributed by atoms with Crippen LogP contribution in [0.25, 0.3) is 0 Å². The third-order valence-corrected chi connectivity index (χ3v) is 3.30. The van der Waals surface area contributed by atoms with Crippen LogP contribution in [0.15, 0.2) is 48.5 Å². The van der Waals surface area contributed by atoms with E-state index in [0.717, 1.165) is 0 Å². The van der Waals surface area contributed by atoms with Gasteiger partial charge in [-0.25, -0.2) is 0 Å². The van der Waals surface area contributed by atoms with Crippen molar-refractivity contribution in [2.24, 2.45) is 0 Å². The number of carbonyl (C=O) groups is 1. The number of hydrogen-bond donors (Lipinski definition) is 3. The molecule has 9 heteroatoms. The highest BCUT2D eigenvalue weighted by atomic mass is 32.1. The smallest absolute Gasteiger partial charge is 0.269 e. The number of nitro benzene ring substituents is 1. The third-order valence-electron chi connectivity index (χ3n) is 3.09. The number of anilines is 1. The summed E-state index contributed by atoms with van der Waals surface area (Å²) in [5, 5.41) is 13.2. The van der Waals surface area contributed by atoms with Gasteiger partial charge in [0, 0.05) is 17.7 Å². The van der Waals surface area contributed by atoms with Gasteiger partial charge >= 0.3 is 0 Å². The van der Waals surface area contributed by atoms with E-state index in [1.165, 1.54) is 24.3 Å². The lowest BCUT2D eigenvalue weighted by atomic mass is 10.2. The fourth-order valence-electron chi connectivity index (χ4n) is 1.98. The highest BCUT2D eigenvalue weighted by molar-refractivity contribution is 7.80. The van der Waals surface area contributed by atoms with Crippen molar-refractivity contribution in [1.82, 2.24) is 10.7 Å². The van der Waals surface area contributed by atoms with E-state index in [2.05, 4.69) is 16.2 Å². The van der Waals surface area contributed by atoms with E-state index in [-0.39, 0.29) is 22.8 Å². The van der Waals surface area contributed by atoms with Crippen molar-refractivity contribution >= 4 is 34.6 Å². The summed E-state index contributed by atoms with van der Waals surface area (Å²) in [7, 11) is 0. The average molecular weight is 374 g/mol. The fraction of sp³-hybridized carbons (Fsp3) is 0.176. The van der Waals surface area contributed by atoms with Gasteiger partial charge in [0.15, 0.2) is 5.11 Å². The number of hydrogen-bond acceptors (Lipinski definition) is 6. The number of hydrazine groups is 1. The monoisotopic (exact) mass is 374 g/mol. The maximum absolute atomic E-state index is 12.2. The minimum atomic E-state index is -0.487. The summed E-state index contributed by atoms with van der Waals surface area (Å²) in [4.78, 5) is 22.3. The Labute approximate surface area is 155 Å². The zero-order chi connectivity index (χ0) is 19.1. The number of nitrogens with zero attached hydrogens (tertiary/aromatic N) is 1. The summed E-state index contributed by atoms with van der Waals surface area (Å²) in [6, 6.07) is 12.5. The van der Waals surface area contributed by atoms with E-state index in [4.69, 9.17) is 17.0 Å². The summed E-state index contributed by atoms with van der Waals surface area (Å²) in [6.07, 6.45) is 0.00181. The Bertz CT molecular complexity index is 809. The average Bonchev–Trinajstić information content (AvgIpc) is 2.60. The van der Waals surface area contributed by atoms with Crippen molar-refractivity contribution in [3.05, 3.63) is 64.2 Å². The number of nitrogens with one attached hydrogen (secondary N) is 3. The van der Waals surface area contributed by atoms with Crippen LogP contribution < -0.4 is 20.9 Å². The van der Waals surface area contributed by atoms with E-state index in [1.807, 2.05) is 13.8 Å². The first-order chi connectivity index (χ1) is 12.3. The second kappa shape index (κ2) is 8.77. The molecule has 2 aromatic rings. The van der Waals surface area contributed by atoms with Crippen LogP contribution in [-0.4, -0.2) is 22.0 Å². The van der Waals surface area contributed by atoms with Gasteiger partial charge in [0.25, 0.3) is 11.6 Å². The molecule has 136 valence electrons. The topological polar surface area (TPSA) is 106 Å². The molecule has 0 aromatic heterocycles. The Balaban J connectivity index is 1.89. The molecule has 0 aliphatic rings. The molecule has 8 nitrogen and oxygen atoms in total. The molecule has 0 heterocycles. The van der Waals surface area contributed by atoms with Gasteiger partial charge in [-0.3, -0.25) is 31.1 Å². The van der Waals surface area contributed by atoms with Gasteiger partial charge in [-0.2, -0.15) is 0 Å².